The number of benzene rings is 1. The summed E-state index contributed by atoms with van der Waals surface area (Å²) in [5.74, 6) is -0.292. The van der Waals surface area contributed by atoms with Crippen molar-refractivity contribution in [2.75, 3.05) is 7.05 Å². The number of ether oxygens (including phenoxy) is 1. The number of nitrogens with zero attached hydrogens (tertiary/aromatic N) is 1. The molecule has 22 heavy (non-hydrogen) atoms. The molecule has 3 unspecified atom stereocenters. The molecule has 2 aliphatic rings. The van der Waals surface area contributed by atoms with Gasteiger partial charge in [-0.1, -0.05) is 0 Å². The van der Waals surface area contributed by atoms with E-state index in [1.54, 1.807) is 7.05 Å². The smallest absolute Gasteiger partial charge is 0.191 e. The van der Waals surface area contributed by atoms with E-state index in [0.29, 0.717) is 12.1 Å². The van der Waals surface area contributed by atoms with Crippen molar-refractivity contribution in [1.29, 1.82) is 0 Å². The van der Waals surface area contributed by atoms with Crippen LogP contribution in [0.5, 0.6) is 0 Å². The van der Waals surface area contributed by atoms with Crippen LogP contribution in [0.15, 0.2) is 23.2 Å². The third-order valence-corrected chi connectivity index (χ3v) is 4.11. The number of fused-ring (bicyclic) bond motifs is 2. The molecule has 122 valence electrons. The zero-order valence-electron chi connectivity index (χ0n) is 12.3. The molecule has 2 bridgehead atoms. The molecule has 0 amide bonds. The fourth-order valence-corrected chi connectivity index (χ4v) is 3.02. The second-order valence-electron chi connectivity index (χ2n) is 5.52. The summed E-state index contributed by atoms with van der Waals surface area (Å²) in [7, 11) is 1.66. The summed E-state index contributed by atoms with van der Waals surface area (Å²) in [6.45, 7) is 0.185. The van der Waals surface area contributed by atoms with Crippen LogP contribution in [0.25, 0.3) is 0 Å². The fraction of sp³-hybridized carbons (Fsp3) is 0.533. The first kappa shape index (κ1) is 17.4. The highest BCUT2D eigenvalue weighted by Crippen LogP contribution is 2.34. The Kier molecular flexibility index (Phi) is 5.96. The summed E-state index contributed by atoms with van der Waals surface area (Å²) in [5.41, 5.74) is 0.280. The minimum Gasteiger partial charge on any atom is -0.373 e. The SMILES string of the molecule is CN=C(NCc1cc(F)ccc1F)NC1CC2CCC1O2.I. The van der Waals surface area contributed by atoms with Crippen molar-refractivity contribution in [3.8, 4) is 0 Å². The molecule has 2 N–H and O–H groups in total. The van der Waals surface area contributed by atoms with E-state index >= 15 is 0 Å². The fourth-order valence-electron chi connectivity index (χ4n) is 3.02. The molecular formula is C15H20F2IN3O. The predicted octanol–water partition coefficient (Wildman–Crippen LogP) is 2.57. The molecule has 2 aliphatic heterocycles. The molecule has 1 aromatic carbocycles. The highest BCUT2D eigenvalue weighted by Gasteiger charge is 2.41. The van der Waals surface area contributed by atoms with Crippen molar-refractivity contribution >= 4 is 29.9 Å². The topological polar surface area (TPSA) is 45.7 Å². The second kappa shape index (κ2) is 7.54. The Balaban J connectivity index is 0.00000176. The molecule has 0 spiro atoms. The van der Waals surface area contributed by atoms with Gasteiger partial charge in [-0.15, -0.1) is 24.0 Å². The molecular weight excluding hydrogens is 403 g/mol. The zero-order chi connectivity index (χ0) is 14.8. The Labute approximate surface area is 145 Å². The summed E-state index contributed by atoms with van der Waals surface area (Å²) in [6.07, 6.45) is 3.76. The van der Waals surface area contributed by atoms with Crippen LogP contribution >= 0.6 is 24.0 Å². The number of guanidine groups is 1. The van der Waals surface area contributed by atoms with E-state index in [0.717, 1.165) is 31.4 Å². The maximum atomic E-state index is 13.6. The van der Waals surface area contributed by atoms with Crippen molar-refractivity contribution in [1.82, 2.24) is 10.6 Å². The first-order valence-corrected chi connectivity index (χ1v) is 7.22. The number of aliphatic imine (C=N–C) groups is 1. The van der Waals surface area contributed by atoms with Crippen molar-refractivity contribution in [3.63, 3.8) is 0 Å². The van der Waals surface area contributed by atoms with Crippen LogP contribution < -0.4 is 10.6 Å². The molecule has 1 aromatic rings. The molecule has 0 radical (unpaired) electrons. The minimum absolute atomic E-state index is 0. The van der Waals surface area contributed by atoms with Crippen molar-refractivity contribution in [2.45, 2.75) is 44.1 Å². The van der Waals surface area contributed by atoms with Gasteiger partial charge >= 0.3 is 0 Å². The molecule has 2 heterocycles. The van der Waals surface area contributed by atoms with E-state index in [1.807, 2.05) is 0 Å². The third kappa shape index (κ3) is 3.87. The first-order chi connectivity index (χ1) is 10.2. The number of halogens is 3. The van der Waals surface area contributed by atoms with Crippen LogP contribution in [0.2, 0.25) is 0 Å². The minimum atomic E-state index is -0.447. The lowest BCUT2D eigenvalue weighted by molar-refractivity contribution is 0.0992. The largest absolute Gasteiger partial charge is 0.373 e. The van der Waals surface area contributed by atoms with Gasteiger partial charge in [-0.25, -0.2) is 8.78 Å². The van der Waals surface area contributed by atoms with Gasteiger partial charge in [0.25, 0.3) is 0 Å². The highest BCUT2D eigenvalue weighted by molar-refractivity contribution is 14.0. The summed E-state index contributed by atoms with van der Waals surface area (Å²) >= 11 is 0. The maximum Gasteiger partial charge on any atom is 0.191 e. The van der Waals surface area contributed by atoms with Crippen LogP contribution in [0.1, 0.15) is 24.8 Å². The monoisotopic (exact) mass is 423 g/mol. The molecule has 0 saturated carbocycles. The summed E-state index contributed by atoms with van der Waals surface area (Å²) in [4.78, 5) is 4.12. The van der Waals surface area contributed by atoms with E-state index in [9.17, 15) is 8.78 Å². The van der Waals surface area contributed by atoms with Gasteiger partial charge in [-0.2, -0.15) is 0 Å². The Morgan fingerprint density at radius 2 is 2.18 bits per heavy atom. The van der Waals surface area contributed by atoms with E-state index in [2.05, 4.69) is 15.6 Å². The van der Waals surface area contributed by atoms with Gasteiger partial charge < -0.3 is 15.4 Å². The van der Waals surface area contributed by atoms with E-state index in [-0.39, 0.29) is 48.2 Å². The molecule has 2 saturated heterocycles. The Bertz CT molecular complexity index is 556. The van der Waals surface area contributed by atoms with Gasteiger partial charge in [0.05, 0.1) is 18.2 Å². The number of rotatable bonds is 3. The van der Waals surface area contributed by atoms with E-state index in [4.69, 9.17) is 4.74 Å². The lowest BCUT2D eigenvalue weighted by Gasteiger charge is -2.22. The summed E-state index contributed by atoms with van der Waals surface area (Å²) in [6, 6.07) is 3.67. The summed E-state index contributed by atoms with van der Waals surface area (Å²) in [5, 5.41) is 6.32. The molecule has 2 fully saturated rings. The molecule has 3 rings (SSSR count). The summed E-state index contributed by atoms with van der Waals surface area (Å²) < 4.78 is 32.5. The van der Waals surface area contributed by atoms with Gasteiger partial charge in [-0.3, -0.25) is 4.99 Å². The number of hydrogen-bond acceptors (Lipinski definition) is 2. The van der Waals surface area contributed by atoms with Crippen LogP contribution in [-0.4, -0.2) is 31.3 Å². The van der Waals surface area contributed by atoms with Crippen LogP contribution in [-0.2, 0) is 11.3 Å². The highest BCUT2D eigenvalue weighted by atomic mass is 127. The van der Waals surface area contributed by atoms with Gasteiger partial charge in [0, 0.05) is 19.2 Å². The first-order valence-electron chi connectivity index (χ1n) is 7.22. The quantitative estimate of drug-likeness (QED) is 0.447. The number of hydrogen-bond donors (Lipinski definition) is 2. The van der Waals surface area contributed by atoms with Gasteiger partial charge in [0.2, 0.25) is 0 Å². The maximum absolute atomic E-state index is 13.6. The van der Waals surface area contributed by atoms with Crippen LogP contribution in [0.4, 0.5) is 8.78 Å². The average Bonchev–Trinajstić information content (AvgIpc) is 3.09. The molecule has 0 aromatic heterocycles. The van der Waals surface area contributed by atoms with Crippen molar-refractivity contribution < 1.29 is 13.5 Å². The Morgan fingerprint density at radius 1 is 1.36 bits per heavy atom. The number of nitrogens with one attached hydrogen (secondary N) is 2. The van der Waals surface area contributed by atoms with Gasteiger partial charge in [-0.05, 0) is 37.5 Å². The molecule has 3 atom stereocenters. The standard InChI is InChI=1S/C15H19F2N3O.HI/c1-18-15(20-13-7-11-3-5-14(13)21-11)19-8-9-6-10(16)2-4-12(9)17;/h2,4,6,11,13-14H,3,5,7-8H2,1H3,(H2,18,19,20);1H. The normalized spacial score (nSPS) is 26.7. The van der Waals surface area contributed by atoms with E-state index in [1.165, 1.54) is 6.07 Å². The Morgan fingerprint density at radius 3 is 2.82 bits per heavy atom. The Hall–Kier alpha value is -0.960. The third-order valence-electron chi connectivity index (χ3n) is 4.11. The van der Waals surface area contributed by atoms with Crippen LogP contribution in [0.3, 0.4) is 0 Å². The van der Waals surface area contributed by atoms with Gasteiger partial charge in [0.15, 0.2) is 5.96 Å². The van der Waals surface area contributed by atoms with E-state index < -0.39 is 11.6 Å². The molecule has 0 aliphatic carbocycles. The average molecular weight is 423 g/mol. The van der Waals surface area contributed by atoms with Crippen LogP contribution in [0, 0.1) is 11.6 Å². The van der Waals surface area contributed by atoms with Gasteiger partial charge in [0.1, 0.15) is 11.6 Å². The lowest BCUT2D eigenvalue weighted by Crippen LogP contribution is -2.47. The lowest BCUT2D eigenvalue weighted by atomic mass is 9.96. The zero-order valence-corrected chi connectivity index (χ0v) is 14.6. The van der Waals surface area contributed by atoms with Crippen molar-refractivity contribution in [3.05, 3.63) is 35.4 Å². The predicted molar refractivity (Wildman–Crippen MR) is 91.4 cm³/mol. The molecule has 4 nitrogen and oxygen atoms in total. The molecule has 7 heteroatoms. The van der Waals surface area contributed by atoms with Crippen molar-refractivity contribution in [2.24, 2.45) is 4.99 Å². The second-order valence-corrected chi connectivity index (χ2v) is 5.52.